The van der Waals surface area contributed by atoms with Gasteiger partial charge in [-0.3, -0.25) is 4.90 Å². The molecule has 1 saturated carbocycles. The van der Waals surface area contributed by atoms with Gasteiger partial charge in [0.15, 0.2) is 0 Å². The molecule has 2 N–H and O–H groups in total. The quantitative estimate of drug-likeness (QED) is 0.903. The monoisotopic (exact) mass is 287 g/mol. The number of nitrogens with zero attached hydrogens (tertiary/aromatic N) is 2. The van der Waals surface area contributed by atoms with Crippen LogP contribution in [0.4, 0.5) is 0 Å². The molecular formula is C18H29N3. The summed E-state index contributed by atoms with van der Waals surface area (Å²) in [5.74, 6) is 0. The number of hydrogen-bond donors (Lipinski definition) is 1. The number of benzene rings is 1. The Morgan fingerprint density at radius 3 is 2.19 bits per heavy atom. The summed E-state index contributed by atoms with van der Waals surface area (Å²) in [5, 5.41) is 0. The molecule has 21 heavy (non-hydrogen) atoms. The van der Waals surface area contributed by atoms with Crippen molar-refractivity contribution in [3.8, 4) is 0 Å². The van der Waals surface area contributed by atoms with Crippen molar-refractivity contribution < 1.29 is 0 Å². The van der Waals surface area contributed by atoms with E-state index in [9.17, 15) is 0 Å². The van der Waals surface area contributed by atoms with Gasteiger partial charge in [0.2, 0.25) is 0 Å². The maximum Gasteiger partial charge on any atom is 0.0234 e. The molecule has 1 aliphatic carbocycles. The van der Waals surface area contributed by atoms with E-state index in [1.54, 1.807) is 0 Å². The third kappa shape index (κ3) is 4.29. The van der Waals surface area contributed by atoms with Gasteiger partial charge in [0, 0.05) is 38.3 Å². The molecule has 0 amide bonds. The molecule has 3 rings (SSSR count). The third-order valence-corrected chi connectivity index (χ3v) is 5.24. The van der Waals surface area contributed by atoms with Crippen molar-refractivity contribution in [3.63, 3.8) is 0 Å². The van der Waals surface area contributed by atoms with Gasteiger partial charge in [-0.25, -0.2) is 0 Å². The lowest BCUT2D eigenvalue weighted by atomic mass is 9.94. The van der Waals surface area contributed by atoms with Crippen molar-refractivity contribution in [2.75, 3.05) is 32.7 Å². The summed E-state index contributed by atoms with van der Waals surface area (Å²) in [5.41, 5.74) is 8.05. The van der Waals surface area contributed by atoms with Crippen molar-refractivity contribution in [1.82, 2.24) is 9.80 Å². The SMILES string of the molecule is NC1(CCN2CCN(Cc3ccccc3)CC2)CCCC1. The van der Waals surface area contributed by atoms with Crippen molar-refractivity contribution >= 4 is 0 Å². The highest BCUT2D eigenvalue weighted by Crippen LogP contribution is 2.30. The molecule has 3 nitrogen and oxygen atoms in total. The van der Waals surface area contributed by atoms with E-state index in [0.29, 0.717) is 0 Å². The van der Waals surface area contributed by atoms with Gasteiger partial charge in [-0.2, -0.15) is 0 Å². The van der Waals surface area contributed by atoms with Crippen LogP contribution in [0.1, 0.15) is 37.7 Å². The molecule has 2 fully saturated rings. The molecular weight excluding hydrogens is 258 g/mol. The van der Waals surface area contributed by atoms with Crippen LogP contribution in [-0.4, -0.2) is 48.1 Å². The lowest BCUT2D eigenvalue weighted by Gasteiger charge is -2.36. The standard InChI is InChI=1S/C18H29N3/c19-18(8-4-5-9-18)10-11-20-12-14-21(15-13-20)16-17-6-2-1-3-7-17/h1-3,6-7H,4-5,8-16,19H2. The molecule has 0 bridgehead atoms. The van der Waals surface area contributed by atoms with E-state index < -0.39 is 0 Å². The van der Waals surface area contributed by atoms with Crippen LogP contribution in [-0.2, 0) is 6.54 Å². The molecule has 2 aliphatic rings. The first kappa shape index (κ1) is 15.0. The Balaban J connectivity index is 1.39. The molecule has 0 aromatic heterocycles. The number of piperazine rings is 1. The lowest BCUT2D eigenvalue weighted by Crippen LogP contribution is -2.48. The van der Waals surface area contributed by atoms with Crippen LogP contribution in [0.25, 0.3) is 0 Å². The highest BCUT2D eigenvalue weighted by atomic mass is 15.3. The molecule has 1 saturated heterocycles. The summed E-state index contributed by atoms with van der Waals surface area (Å²) >= 11 is 0. The normalized spacial score (nSPS) is 23.5. The van der Waals surface area contributed by atoms with Crippen molar-refractivity contribution in [3.05, 3.63) is 35.9 Å². The van der Waals surface area contributed by atoms with Crippen LogP contribution < -0.4 is 5.73 Å². The van der Waals surface area contributed by atoms with Crippen molar-refractivity contribution in [2.45, 2.75) is 44.2 Å². The summed E-state index contributed by atoms with van der Waals surface area (Å²) in [6.45, 7) is 7.05. The van der Waals surface area contributed by atoms with E-state index in [4.69, 9.17) is 5.73 Å². The zero-order valence-corrected chi connectivity index (χ0v) is 13.1. The van der Waals surface area contributed by atoms with Gasteiger partial charge in [0.05, 0.1) is 0 Å². The lowest BCUT2D eigenvalue weighted by molar-refractivity contribution is 0.119. The Labute approximate surface area is 129 Å². The fraction of sp³-hybridized carbons (Fsp3) is 0.667. The van der Waals surface area contributed by atoms with Gasteiger partial charge in [-0.15, -0.1) is 0 Å². The second-order valence-electron chi connectivity index (χ2n) is 6.92. The smallest absolute Gasteiger partial charge is 0.0234 e. The Bertz CT molecular complexity index is 417. The minimum absolute atomic E-state index is 0.154. The third-order valence-electron chi connectivity index (χ3n) is 5.24. The molecule has 1 heterocycles. The number of nitrogens with two attached hydrogens (primary N) is 1. The highest BCUT2D eigenvalue weighted by molar-refractivity contribution is 5.14. The van der Waals surface area contributed by atoms with Crippen LogP contribution in [0.5, 0.6) is 0 Å². The van der Waals surface area contributed by atoms with E-state index in [2.05, 4.69) is 40.1 Å². The fourth-order valence-corrected chi connectivity index (χ4v) is 3.72. The average Bonchev–Trinajstić information content (AvgIpc) is 2.95. The van der Waals surface area contributed by atoms with E-state index in [0.717, 1.165) is 6.54 Å². The maximum absolute atomic E-state index is 6.47. The minimum Gasteiger partial charge on any atom is -0.325 e. The fourth-order valence-electron chi connectivity index (χ4n) is 3.72. The average molecular weight is 287 g/mol. The molecule has 0 atom stereocenters. The van der Waals surface area contributed by atoms with Crippen molar-refractivity contribution in [2.24, 2.45) is 5.73 Å². The van der Waals surface area contributed by atoms with Crippen LogP contribution in [0.15, 0.2) is 30.3 Å². The van der Waals surface area contributed by atoms with Crippen LogP contribution in [0.3, 0.4) is 0 Å². The molecule has 1 aliphatic heterocycles. The molecule has 0 spiro atoms. The van der Waals surface area contributed by atoms with Gasteiger partial charge >= 0.3 is 0 Å². The van der Waals surface area contributed by atoms with Crippen molar-refractivity contribution in [1.29, 1.82) is 0 Å². The predicted molar refractivity (Wildman–Crippen MR) is 88.2 cm³/mol. The molecule has 0 unspecified atom stereocenters. The van der Waals surface area contributed by atoms with Gasteiger partial charge < -0.3 is 10.6 Å². The van der Waals surface area contributed by atoms with E-state index in [1.165, 1.54) is 70.4 Å². The first-order valence-electron chi connectivity index (χ1n) is 8.51. The first-order valence-corrected chi connectivity index (χ1v) is 8.51. The Kier molecular flexibility index (Phi) is 4.94. The Hall–Kier alpha value is -0.900. The summed E-state index contributed by atoms with van der Waals surface area (Å²) in [7, 11) is 0. The number of hydrogen-bond acceptors (Lipinski definition) is 3. The molecule has 0 radical (unpaired) electrons. The van der Waals surface area contributed by atoms with E-state index in [-0.39, 0.29) is 5.54 Å². The zero-order chi connectivity index (χ0) is 14.5. The minimum atomic E-state index is 0.154. The van der Waals surface area contributed by atoms with Gasteiger partial charge in [-0.05, 0) is 31.4 Å². The molecule has 3 heteroatoms. The van der Waals surface area contributed by atoms with Crippen LogP contribution >= 0.6 is 0 Å². The van der Waals surface area contributed by atoms with Gasteiger partial charge in [0.1, 0.15) is 0 Å². The number of rotatable bonds is 5. The Morgan fingerprint density at radius 1 is 0.905 bits per heavy atom. The maximum atomic E-state index is 6.47. The molecule has 1 aromatic carbocycles. The summed E-state index contributed by atoms with van der Waals surface area (Å²) in [4.78, 5) is 5.17. The van der Waals surface area contributed by atoms with Gasteiger partial charge in [-0.1, -0.05) is 43.2 Å². The molecule has 1 aromatic rings. The summed E-state index contributed by atoms with van der Waals surface area (Å²) in [6.07, 6.45) is 6.33. The van der Waals surface area contributed by atoms with Crippen LogP contribution in [0, 0.1) is 0 Å². The highest BCUT2D eigenvalue weighted by Gasteiger charge is 2.29. The predicted octanol–water partition coefficient (Wildman–Crippen LogP) is 2.47. The Morgan fingerprint density at radius 2 is 1.52 bits per heavy atom. The topological polar surface area (TPSA) is 32.5 Å². The van der Waals surface area contributed by atoms with E-state index >= 15 is 0 Å². The second kappa shape index (κ2) is 6.91. The van der Waals surface area contributed by atoms with Gasteiger partial charge in [0.25, 0.3) is 0 Å². The summed E-state index contributed by atoms with van der Waals surface area (Å²) < 4.78 is 0. The molecule has 116 valence electrons. The second-order valence-corrected chi connectivity index (χ2v) is 6.92. The van der Waals surface area contributed by atoms with Crippen LogP contribution in [0.2, 0.25) is 0 Å². The zero-order valence-electron chi connectivity index (χ0n) is 13.1. The summed E-state index contributed by atoms with van der Waals surface area (Å²) in [6, 6.07) is 10.8. The first-order chi connectivity index (χ1) is 10.2. The largest absolute Gasteiger partial charge is 0.325 e. The van der Waals surface area contributed by atoms with E-state index in [1.807, 2.05) is 0 Å².